The molecule has 0 saturated carbocycles. The van der Waals surface area contributed by atoms with E-state index in [2.05, 4.69) is 15.5 Å². The fourth-order valence-corrected chi connectivity index (χ4v) is 3.62. The zero-order valence-corrected chi connectivity index (χ0v) is 18.5. The maximum atomic E-state index is 14.9. The van der Waals surface area contributed by atoms with Gasteiger partial charge in [-0.1, -0.05) is 19.0 Å². The molecule has 164 valence electrons. The predicted octanol–water partition coefficient (Wildman–Crippen LogP) is 4.16. The average Bonchev–Trinajstić information content (AvgIpc) is 3.03. The van der Waals surface area contributed by atoms with Crippen LogP contribution in [0, 0.1) is 20.8 Å². The Hall–Kier alpha value is -2.71. The van der Waals surface area contributed by atoms with Gasteiger partial charge in [0.15, 0.2) is 0 Å². The molecule has 3 heterocycles. The third kappa shape index (κ3) is 4.39. The van der Waals surface area contributed by atoms with Gasteiger partial charge in [0.1, 0.15) is 23.6 Å². The van der Waals surface area contributed by atoms with Crippen molar-refractivity contribution >= 4 is 11.9 Å². The van der Waals surface area contributed by atoms with Gasteiger partial charge in [0.05, 0.1) is 36.1 Å². The van der Waals surface area contributed by atoms with Crippen LogP contribution in [0.4, 0.5) is 15.0 Å². The number of hydrogen-bond donors (Lipinski definition) is 1. The van der Waals surface area contributed by atoms with Crippen LogP contribution in [0.5, 0.6) is 0 Å². The van der Waals surface area contributed by atoms with E-state index in [0.29, 0.717) is 30.4 Å². The Morgan fingerprint density at radius 1 is 1.33 bits per heavy atom. The highest BCUT2D eigenvalue weighted by Crippen LogP contribution is 2.33. The molecule has 8 nitrogen and oxygen atoms in total. The molecule has 1 fully saturated rings. The van der Waals surface area contributed by atoms with Gasteiger partial charge in [-0.3, -0.25) is 0 Å². The number of aryl methyl sites for hydroxylation is 2. The number of ether oxygens (including phenoxy) is 1. The predicted molar refractivity (Wildman–Crippen MR) is 111 cm³/mol. The first-order valence-corrected chi connectivity index (χ1v) is 10.4. The van der Waals surface area contributed by atoms with Crippen LogP contribution in [-0.4, -0.2) is 58.0 Å². The second-order valence-corrected chi connectivity index (χ2v) is 7.96. The van der Waals surface area contributed by atoms with Crippen molar-refractivity contribution in [2.75, 3.05) is 25.0 Å². The molecular formula is C21H30FN5O3. The lowest BCUT2D eigenvalue weighted by atomic mass is 10.0. The van der Waals surface area contributed by atoms with Gasteiger partial charge in [0, 0.05) is 18.0 Å². The molecule has 0 bridgehead atoms. The van der Waals surface area contributed by atoms with Crippen molar-refractivity contribution in [2.45, 2.75) is 66.1 Å². The van der Waals surface area contributed by atoms with Crippen molar-refractivity contribution in [3.63, 3.8) is 0 Å². The van der Waals surface area contributed by atoms with Gasteiger partial charge >= 0.3 is 6.09 Å². The summed E-state index contributed by atoms with van der Waals surface area (Å²) >= 11 is 0. The van der Waals surface area contributed by atoms with Crippen molar-refractivity contribution in [1.29, 1.82) is 0 Å². The summed E-state index contributed by atoms with van der Waals surface area (Å²) in [6, 6.07) is -0.457. The molecule has 0 unspecified atom stereocenters. The lowest BCUT2D eigenvalue weighted by molar-refractivity contribution is 0.0760. The minimum atomic E-state index is -1.23. The molecule has 1 N–H and O–H groups in total. The Bertz CT molecular complexity index is 895. The maximum Gasteiger partial charge on any atom is 0.409 e. The molecule has 30 heavy (non-hydrogen) atoms. The summed E-state index contributed by atoms with van der Waals surface area (Å²) in [6.07, 6.45) is -1.25. The number of halogens is 1. The molecule has 9 heteroatoms. The fourth-order valence-electron chi connectivity index (χ4n) is 3.62. The summed E-state index contributed by atoms with van der Waals surface area (Å²) in [7, 11) is 0. The number of piperidine rings is 1. The van der Waals surface area contributed by atoms with Crippen LogP contribution >= 0.6 is 0 Å². The highest BCUT2D eigenvalue weighted by atomic mass is 19.1. The van der Waals surface area contributed by atoms with Crippen LogP contribution in [-0.2, 0) is 4.74 Å². The molecule has 1 aliphatic heterocycles. The van der Waals surface area contributed by atoms with Gasteiger partial charge in [-0.15, -0.1) is 0 Å². The lowest BCUT2D eigenvalue weighted by Crippen LogP contribution is -2.50. The number of alkyl halides is 1. The largest absolute Gasteiger partial charge is 0.450 e. The van der Waals surface area contributed by atoms with E-state index in [4.69, 9.17) is 14.2 Å². The fraction of sp³-hybridized carbons (Fsp3) is 0.619. The molecule has 0 aromatic carbocycles. The topological polar surface area (TPSA) is 93.4 Å². The second-order valence-electron chi connectivity index (χ2n) is 7.96. The van der Waals surface area contributed by atoms with Crippen LogP contribution in [0.15, 0.2) is 4.52 Å². The van der Waals surface area contributed by atoms with E-state index in [1.807, 2.05) is 34.6 Å². The van der Waals surface area contributed by atoms with Gasteiger partial charge in [-0.05, 0) is 34.1 Å². The molecule has 1 aliphatic rings. The maximum absolute atomic E-state index is 14.9. The lowest BCUT2D eigenvalue weighted by Gasteiger charge is -2.35. The first-order valence-electron chi connectivity index (χ1n) is 10.4. The zero-order chi connectivity index (χ0) is 22.0. The molecule has 2 aromatic heterocycles. The molecule has 0 radical (unpaired) electrons. The summed E-state index contributed by atoms with van der Waals surface area (Å²) in [5, 5.41) is 7.31. The summed E-state index contributed by atoms with van der Waals surface area (Å²) in [6.45, 7) is 12.1. The number of rotatable bonds is 5. The molecule has 0 aliphatic carbocycles. The average molecular weight is 420 g/mol. The van der Waals surface area contributed by atoms with Crippen LogP contribution < -0.4 is 5.32 Å². The van der Waals surface area contributed by atoms with Crippen molar-refractivity contribution in [2.24, 2.45) is 0 Å². The number of likely N-dealkylation sites (tertiary alicyclic amines) is 1. The molecular weight excluding hydrogens is 389 g/mol. The number of nitrogens with zero attached hydrogens (tertiary/aromatic N) is 4. The molecule has 3 rings (SSSR count). The standard InChI is InChI=1S/C21H30FN5O3/c1-7-29-21(28)27-9-8-16(15(22)10-27)23-20-12(4)18(24-19(25-20)11(2)3)17-13(5)26-30-14(17)6/h11,15-16H,7-10H2,1-6H3,(H,23,24,25)/t15-,16+/m0/s1. The molecule has 1 amide bonds. The normalized spacial score (nSPS) is 19.3. The van der Waals surface area contributed by atoms with Crippen LogP contribution in [0.1, 0.15) is 56.0 Å². The summed E-state index contributed by atoms with van der Waals surface area (Å²) in [4.78, 5) is 22.7. The summed E-state index contributed by atoms with van der Waals surface area (Å²) in [5.74, 6) is 2.04. The first-order chi connectivity index (χ1) is 14.2. The number of nitrogens with one attached hydrogen (secondary N) is 1. The number of hydrogen-bond acceptors (Lipinski definition) is 7. The minimum absolute atomic E-state index is 0.00556. The monoisotopic (exact) mass is 419 g/mol. The van der Waals surface area contributed by atoms with E-state index in [1.165, 1.54) is 4.90 Å². The Kier molecular flexibility index (Phi) is 6.58. The highest BCUT2D eigenvalue weighted by molar-refractivity contribution is 5.71. The third-order valence-electron chi connectivity index (χ3n) is 5.34. The van der Waals surface area contributed by atoms with Gasteiger partial charge in [0.2, 0.25) is 0 Å². The van der Waals surface area contributed by atoms with Crippen molar-refractivity contribution < 1.29 is 18.4 Å². The van der Waals surface area contributed by atoms with E-state index < -0.39 is 18.3 Å². The van der Waals surface area contributed by atoms with Crippen LogP contribution in [0.2, 0.25) is 0 Å². The Balaban J connectivity index is 1.89. The van der Waals surface area contributed by atoms with Gasteiger partial charge in [-0.2, -0.15) is 0 Å². The molecule has 1 saturated heterocycles. The number of carbonyl (C=O) groups is 1. The van der Waals surface area contributed by atoms with Crippen LogP contribution in [0.25, 0.3) is 11.3 Å². The van der Waals surface area contributed by atoms with E-state index in [1.54, 1.807) is 6.92 Å². The van der Waals surface area contributed by atoms with Gasteiger partial charge in [-0.25, -0.2) is 19.2 Å². The highest BCUT2D eigenvalue weighted by Gasteiger charge is 2.33. The van der Waals surface area contributed by atoms with E-state index in [0.717, 1.165) is 22.5 Å². The quantitative estimate of drug-likeness (QED) is 0.778. The molecule has 0 spiro atoms. The summed E-state index contributed by atoms with van der Waals surface area (Å²) in [5.41, 5.74) is 3.15. The number of amides is 1. The van der Waals surface area contributed by atoms with E-state index in [9.17, 15) is 9.18 Å². The number of anilines is 1. The summed E-state index contributed by atoms with van der Waals surface area (Å²) < 4.78 is 25.2. The Morgan fingerprint density at radius 3 is 2.63 bits per heavy atom. The van der Waals surface area contributed by atoms with Crippen molar-refractivity contribution in [3.05, 3.63) is 22.8 Å². The number of aromatic nitrogens is 3. The van der Waals surface area contributed by atoms with Crippen molar-refractivity contribution in [1.82, 2.24) is 20.0 Å². The van der Waals surface area contributed by atoms with Gasteiger partial charge < -0.3 is 19.5 Å². The molecule has 2 aromatic rings. The Morgan fingerprint density at radius 2 is 2.07 bits per heavy atom. The molecule has 2 atom stereocenters. The SMILES string of the molecule is CCOC(=O)N1CC[C@@H](Nc2nc(C(C)C)nc(-c3c(C)noc3C)c2C)[C@@H](F)C1. The third-order valence-corrected chi connectivity index (χ3v) is 5.34. The van der Waals surface area contributed by atoms with E-state index in [-0.39, 0.29) is 19.1 Å². The first kappa shape index (κ1) is 22.0. The van der Waals surface area contributed by atoms with Gasteiger partial charge in [0.25, 0.3) is 0 Å². The second kappa shape index (κ2) is 8.97. The minimum Gasteiger partial charge on any atom is -0.450 e. The van der Waals surface area contributed by atoms with E-state index >= 15 is 0 Å². The zero-order valence-electron chi connectivity index (χ0n) is 18.5. The van der Waals surface area contributed by atoms with Crippen LogP contribution in [0.3, 0.4) is 0 Å². The van der Waals surface area contributed by atoms with Crippen molar-refractivity contribution in [3.8, 4) is 11.3 Å². The Labute approximate surface area is 176 Å². The smallest absolute Gasteiger partial charge is 0.409 e. The number of carbonyl (C=O) groups excluding carboxylic acids is 1.